The number of methoxy groups -OCH3 is 3. The second-order valence-electron chi connectivity index (χ2n) is 2.63. The normalized spacial score (nSPS) is 11.6. The fourth-order valence-corrected chi connectivity index (χ4v) is 0.794. The molecule has 0 aromatic carbocycles. The summed E-state index contributed by atoms with van der Waals surface area (Å²) in [5.74, 6) is -0.388. The molecular formula is C9H17NO4. The smallest absolute Gasteiger partial charge is 0.332 e. The summed E-state index contributed by atoms with van der Waals surface area (Å²) in [6.07, 6.45) is 1.04. The first-order valence-corrected chi connectivity index (χ1v) is 4.19. The van der Waals surface area contributed by atoms with Gasteiger partial charge in [0.1, 0.15) is 0 Å². The van der Waals surface area contributed by atoms with Crippen LogP contribution >= 0.6 is 0 Å². The highest BCUT2D eigenvalue weighted by molar-refractivity contribution is 5.82. The average Bonchev–Trinajstić information content (AvgIpc) is 2.19. The van der Waals surface area contributed by atoms with Crippen molar-refractivity contribution in [3.05, 3.63) is 11.8 Å². The summed E-state index contributed by atoms with van der Waals surface area (Å²) < 4.78 is 14.4. The van der Waals surface area contributed by atoms with Crippen molar-refractivity contribution in [2.75, 3.05) is 27.9 Å². The molecular weight excluding hydrogens is 186 g/mol. The van der Waals surface area contributed by atoms with Crippen LogP contribution < -0.4 is 5.32 Å². The van der Waals surface area contributed by atoms with Crippen molar-refractivity contribution < 1.29 is 19.0 Å². The van der Waals surface area contributed by atoms with E-state index in [1.807, 2.05) is 0 Å². The van der Waals surface area contributed by atoms with Gasteiger partial charge in [-0.3, -0.25) is 0 Å². The summed E-state index contributed by atoms with van der Waals surface area (Å²) in [6, 6.07) is 0. The number of carbonyl (C=O) groups excluding carboxylic acids is 1. The maximum Gasteiger partial charge on any atom is 0.332 e. The molecule has 0 rings (SSSR count). The molecule has 0 aromatic rings. The predicted octanol–water partition coefficient (Wildman–Crippen LogP) is 0.272. The van der Waals surface area contributed by atoms with Gasteiger partial charge in [0.2, 0.25) is 0 Å². The summed E-state index contributed by atoms with van der Waals surface area (Å²) in [6.45, 7) is 2.24. The van der Waals surface area contributed by atoms with E-state index in [9.17, 15) is 4.79 Å². The number of esters is 1. The van der Waals surface area contributed by atoms with E-state index in [1.54, 1.807) is 21.1 Å². The summed E-state index contributed by atoms with van der Waals surface area (Å²) in [5, 5.41) is 2.96. The first-order valence-electron chi connectivity index (χ1n) is 4.19. The second-order valence-corrected chi connectivity index (χ2v) is 2.63. The zero-order valence-electron chi connectivity index (χ0n) is 8.99. The molecule has 1 N–H and O–H groups in total. The lowest BCUT2D eigenvalue weighted by atomic mass is 10.4. The Labute approximate surface area is 84.0 Å². The number of ether oxygens (including phenoxy) is 3. The van der Waals surface area contributed by atoms with Crippen LogP contribution in [0.2, 0.25) is 0 Å². The van der Waals surface area contributed by atoms with E-state index in [2.05, 4.69) is 10.1 Å². The number of hydrogen-bond donors (Lipinski definition) is 1. The quantitative estimate of drug-likeness (QED) is 0.381. The van der Waals surface area contributed by atoms with E-state index in [-0.39, 0.29) is 12.3 Å². The molecule has 82 valence electrons. The monoisotopic (exact) mass is 203 g/mol. The molecule has 0 aromatic heterocycles. The molecule has 5 nitrogen and oxygen atoms in total. The Kier molecular flexibility index (Phi) is 6.78. The van der Waals surface area contributed by atoms with E-state index in [1.165, 1.54) is 13.2 Å². The number of carbonyl (C=O) groups is 1. The van der Waals surface area contributed by atoms with Crippen LogP contribution in [0.4, 0.5) is 0 Å². The van der Waals surface area contributed by atoms with Gasteiger partial charge in [0, 0.05) is 26.0 Å². The maximum atomic E-state index is 10.8. The molecule has 0 fully saturated rings. The van der Waals surface area contributed by atoms with Crippen molar-refractivity contribution in [3.8, 4) is 0 Å². The molecule has 0 saturated heterocycles. The molecule has 0 unspecified atom stereocenters. The van der Waals surface area contributed by atoms with Gasteiger partial charge in [0.25, 0.3) is 0 Å². The highest BCUT2D eigenvalue weighted by Gasteiger charge is 2.04. The molecule has 0 saturated carbocycles. The van der Waals surface area contributed by atoms with Crippen molar-refractivity contribution in [1.82, 2.24) is 5.32 Å². The maximum absolute atomic E-state index is 10.8. The van der Waals surface area contributed by atoms with Crippen molar-refractivity contribution >= 4 is 5.97 Å². The van der Waals surface area contributed by atoms with Gasteiger partial charge in [-0.05, 0) is 6.92 Å². The van der Waals surface area contributed by atoms with E-state index in [4.69, 9.17) is 9.47 Å². The van der Waals surface area contributed by atoms with Gasteiger partial charge in [-0.2, -0.15) is 0 Å². The highest BCUT2D eigenvalue weighted by atomic mass is 16.7. The number of nitrogens with one attached hydrogen (secondary N) is 1. The van der Waals surface area contributed by atoms with Crippen LogP contribution in [-0.4, -0.2) is 40.1 Å². The van der Waals surface area contributed by atoms with Gasteiger partial charge in [-0.25, -0.2) is 4.79 Å². The van der Waals surface area contributed by atoms with E-state index < -0.39 is 0 Å². The van der Waals surface area contributed by atoms with Crippen molar-refractivity contribution in [2.24, 2.45) is 0 Å². The zero-order chi connectivity index (χ0) is 11.0. The van der Waals surface area contributed by atoms with Crippen molar-refractivity contribution in [3.63, 3.8) is 0 Å². The molecule has 0 atom stereocenters. The molecule has 0 spiro atoms. The minimum absolute atomic E-state index is 0.323. The standard InChI is InChI=1S/C9H17NO4/c1-7(5-8(11)12-2)10-6-9(13-3)14-4/h5,9-10H,6H2,1-4H3. The summed E-state index contributed by atoms with van der Waals surface area (Å²) in [5.41, 5.74) is 0.705. The number of rotatable bonds is 6. The van der Waals surface area contributed by atoms with E-state index in [0.29, 0.717) is 12.2 Å². The largest absolute Gasteiger partial charge is 0.466 e. The summed E-state index contributed by atoms with van der Waals surface area (Å²) in [4.78, 5) is 10.8. The fraction of sp³-hybridized carbons (Fsp3) is 0.667. The van der Waals surface area contributed by atoms with Crippen LogP contribution in [0.3, 0.4) is 0 Å². The van der Waals surface area contributed by atoms with Gasteiger partial charge >= 0.3 is 5.97 Å². The lowest BCUT2D eigenvalue weighted by Gasteiger charge is -2.14. The Morgan fingerprint density at radius 2 is 1.93 bits per heavy atom. The molecule has 0 amide bonds. The van der Waals surface area contributed by atoms with E-state index >= 15 is 0 Å². The Morgan fingerprint density at radius 1 is 1.36 bits per heavy atom. The first kappa shape index (κ1) is 12.9. The third-order valence-corrected chi connectivity index (χ3v) is 1.61. The Morgan fingerprint density at radius 3 is 2.36 bits per heavy atom. The van der Waals surface area contributed by atoms with Crippen LogP contribution in [0.25, 0.3) is 0 Å². The van der Waals surface area contributed by atoms with Gasteiger partial charge in [-0.1, -0.05) is 0 Å². The zero-order valence-corrected chi connectivity index (χ0v) is 8.99. The van der Waals surface area contributed by atoms with Gasteiger partial charge in [-0.15, -0.1) is 0 Å². The highest BCUT2D eigenvalue weighted by Crippen LogP contribution is 1.92. The minimum Gasteiger partial charge on any atom is -0.466 e. The molecule has 0 bridgehead atoms. The third-order valence-electron chi connectivity index (χ3n) is 1.61. The number of hydrogen-bond acceptors (Lipinski definition) is 5. The van der Waals surface area contributed by atoms with Crippen LogP contribution in [0, 0.1) is 0 Å². The Hall–Kier alpha value is -1.07. The predicted molar refractivity (Wildman–Crippen MR) is 51.6 cm³/mol. The van der Waals surface area contributed by atoms with Crippen LogP contribution in [0.5, 0.6) is 0 Å². The number of allylic oxidation sites excluding steroid dienone is 1. The third kappa shape index (κ3) is 5.55. The van der Waals surface area contributed by atoms with Crippen molar-refractivity contribution in [1.29, 1.82) is 0 Å². The molecule has 0 aliphatic carbocycles. The molecule has 0 aliphatic rings. The Balaban J connectivity index is 3.88. The minimum atomic E-state index is -0.388. The van der Waals surface area contributed by atoms with Crippen LogP contribution in [-0.2, 0) is 19.0 Å². The topological polar surface area (TPSA) is 56.8 Å². The van der Waals surface area contributed by atoms with Crippen molar-refractivity contribution in [2.45, 2.75) is 13.2 Å². The lowest BCUT2D eigenvalue weighted by Crippen LogP contribution is -2.28. The first-order chi connectivity index (χ1) is 6.63. The molecule has 0 radical (unpaired) electrons. The summed E-state index contributed by atoms with van der Waals surface area (Å²) in [7, 11) is 4.43. The van der Waals surface area contributed by atoms with Gasteiger partial charge in [0.15, 0.2) is 6.29 Å². The van der Waals surface area contributed by atoms with Gasteiger partial charge in [0.05, 0.1) is 13.7 Å². The molecule has 0 heterocycles. The second kappa shape index (κ2) is 7.34. The van der Waals surface area contributed by atoms with Crippen LogP contribution in [0.15, 0.2) is 11.8 Å². The molecule has 14 heavy (non-hydrogen) atoms. The molecule has 5 heteroatoms. The van der Waals surface area contributed by atoms with Crippen LogP contribution in [0.1, 0.15) is 6.92 Å². The fourth-order valence-electron chi connectivity index (χ4n) is 0.794. The average molecular weight is 203 g/mol. The summed E-state index contributed by atoms with van der Waals surface area (Å²) >= 11 is 0. The Bertz CT molecular complexity index is 199. The van der Waals surface area contributed by atoms with Gasteiger partial charge < -0.3 is 19.5 Å². The lowest BCUT2D eigenvalue weighted by molar-refractivity contribution is -0.134. The SMILES string of the molecule is COC(=O)C=C(C)NCC(OC)OC. The molecule has 0 aliphatic heterocycles. The van der Waals surface area contributed by atoms with E-state index in [0.717, 1.165) is 0 Å².